The van der Waals surface area contributed by atoms with Gasteiger partial charge in [-0.05, 0) is 139 Å². The first kappa shape index (κ1) is 44.7. The molecular weight excluding hydrogens is 963 g/mol. The number of hydrogen-bond acceptors (Lipinski definition) is 4. The SMILES string of the molecule is CC1(C)c2cc(N(c3ccc4c(c3)C(C)(C)c3c5c(c6c(oc7ccccc76)c3-4)-c3ccccc3C5(C)C)c3ccc4c(c3)oc3ccccc34)ccc2-c2c1cc(-c1ccc(-c3ccccc3)cc1)c1oc3ccccc3c21. The summed E-state index contributed by atoms with van der Waals surface area (Å²) >= 11 is 0. The van der Waals surface area contributed by atoms with Gasteiger partial charge in [0.2, 0.25) is 0 Å². The monoisotopic (exact) mass is 1020 g/mol. The lowest BCUT2D eigenvalue weighted by Gasteiger charge is -2.32. The molecule has 3 aliphatic rings. The molecule has 0 saturated heterocycles. The predicted octanol–water partition coefficient (Wildman–Crippen LogP) is 21.1. The maximum absolute atomic E-state index is 7.10. The van der Waals surface area contributed by atoms with Gasteiger partial charge in [-0.2, -0.15) is 0 Å². The van der Waals surface area contributed by atoms with Crippen molar-refractivity contribution in [3.63, 3.8) is 0 Å². The molecule has 79 heavy (non-hydrogen) atoms. The predicted molar refractivity (Wildman–Crippen MR) is 327 cm³/mol. The largest absolute Gasteiger partial charge is 0.456 e. The first-order chi connectivity index (χ1) is 38.4. The van der Waals surface area contributed by atoms with Gasteiger partial charge in [0.25, 0.3) is 0 Å². The van der Waals surface area contributed by atoms with E-state index in [1.165, 1.54) is 88.7 Å². The van der Waals surface area contributed by atoms with Gasteiger partial charge < -0.3 is 18.2 Å². The molecule has 17 rings (SSSR count). The molecule has 0 spiro atoms. The van der Waals surface area contributed by atoms with Crippen molar-refractivity contribution in [2.45, 2.75) is 57.8 Å². The van der Waals surface area contributed by atoms with Gasteiger partial charge in [-0.3, -0.25) is 0 Å². The second kappa shape index (κ2) is 15.4. The minimum Gasteiger partial charge on any atom is -0.456 e. The Morgan fingerprint density at radius 2 is 0.772 bits per heavy atom. The highest BCUT2D eigenvalue weighted by atomic mass is 16.3. The van der Waals surface area contributed by atoms with Gasteiger partial charge in [-0.1, -0.05) is 187 Å². The summed E-state index contributed by atoms with van der Waals surface area (Å²) in [6.07, 6.45) is 0. The van der Waals surface area contributed by atoms with Gasteiger partial charge in [0.1, 0.15) is 33.5 Å². The maximum atomic E-state index is 7.10. The molecule has 0 atom stereocenters. The van der Waals surface area contributed by atoms with Crippen molar-refractivity contribution >= 4 is 82.9 Å². The van der Waals surface area contributed by atoms with Gasteiger partial charge >= 0.3 is 0 Å². The Kier molecular flexibility index (Phi) is 8.73. The van der Waals surface area contributed by atoms with Crippen LogP contribution in [0.25, 0.3) is 121 Å². The van der Waals surface area contributed by atoms with Crippen LogP contribution in [0.2, 0.25) is 0 Å². The van der Waals surface area contributed by atoms with Gasteiger partial charge in [0, 0.05) is 82.8 Å². The van der Waals surface area contributed by atoms with Crippen LogP contribution in [0.3, 0.4) is 0 Å². The van der Waals surface area contributed by atoms with Crippen LogP contribution in [-0.2, 0) is 16.2 Å². The van der Waals surface area contributed by atoms with Crippen LogP contribution in [0.15, 0.2) is 226 Å². The van der Waals surface area contributed by atoms with E-state index in [1.807, 2.05) is 6.07 Å². The lowest BCUT2D eigenvalue weighted by Crippen LogP contribution is -2.24. The Morgan fingerprint density at radius 3 is 1.48 bits per heavy atom. The summed E-state index contributed by atoms with van der Waals surface area (Å²) in [4.78, 5) is 2.45. The van der Waals surface area contributed by atoms with E-state index < -0.39 is 0 Å². The molecule has 0 fully saturated rings. The van der Waals surface area contributed by atoms with Crippen LogP contribution in [0.1, 0.15) is 74.9 Å². The van der Waals surface area contributed by atoms with Gasteiger partial charge in [-0.25, -0.2) is 0 Å². The number of furan rings is 3. The fraction of sp³-hybridized carbons (Fsp3) is 0.120. The van der Waals surface area contributed by atoms with Crippen molar-refractivity contribution in [1.29, 1.82) is 0 Å². The summed E-state index contributed by atoms with van der Waals surface area (Å²) in [5.41, 5.74) is 27.8. The van der Waals surface area contributed by atoms with Gasteiger partial charge in [0.05, 0.1) is 0 Å². The van der Waals surface area contributed by atoms with E-state index in [4.69, 9.17) is 13.3 Å². The molecule has 0 unspecified atom stereocenters. The second-order valence-corrected chi connectivity index (χ2v) is 23.9. The number of fused-ring (bicyclic) bond motifs is 22. The topological polar surface area (TPSA) is 42.7 Å². The third kappa shape index (κ3) is 5.88. The lowest BCUT2D eigenvalue weighted by molar-refractivity contribution is 0.600. The lowest BCUT2D eigenvalue weighted by atomic mass is 9.72. The quantitative estimate of drug-likeness (QED) is 0.172. The van der Waals surface area contributed by atoms with Crippen LogP contribution in [0.5, 0.6) is 0 Å². The normalized spacial score (nSPS) is 15.0. The fourth-order valence-corrected chi connectivity index (χ4v) is 14.9. The first-order valence-corrected chi connectivity index (χ1v) is 27.7. The summed E-state index contributed by atoms with van der Waals surface area (Å²) in [5.74, 6) is 0. The Labute approximate surface area is 457 Å². The highest BCUT2D eigenvalue weighted by Crippen LogP contribution is 2.64. The summed E-state index contributed by atoms with van der Waals surface area (Å²) in [6, 6.07) is 77.6. The number of benzene rings is 11. The molecule has 0 bridgehead atoms. The molecular formula is C75H53NO3. The van der Waals surface area contributed by atoms with E-state index in [1.54, 1.807) is 0 Å². The average molecular weight is 1020 g/mol. The molecule has 0 amide bonds. The van der Waals surface area contributed by atoms with Crippen molar-refractivity contribution in [3.05, 3.63) is 246 Å². The standard InChI is InChI=1S/C75H53NO3/c1-73(2)57-38-45(33-36-51(57)64-59(73)41-55(71-66(64)53-22-12-16-26-61(53)78-71)44-30-28-43(29-31-44)42-18-8-7-9-19-42)76(47-32-35-49-48-20-11-15-25-60(48)77-63(49)40-47)46-34-37-52-58(39-46)75(5,6)70-68(52)72-67(54-23-13-17-27-62(54)79-72)65-50-21-10-14-24-56(50)74(3,4)69(65)70/h7-41H,1-6H3. The van der Waals surface area contributed by atoms with Crippen molar-refractivity contribution in [1.82, 2.24) is 0 Å². The molecule has 3 heterocycles. The van der Waals surface area contributed by atoms with Crippen LogP contribution in [-0.4, -0.2) is 0 Å². The molecule has 0 N–H and O–H groups in total. The number of hydrogen-bond donors (Lipinski definition) is 0. The molecule has 0 radical (unpaired) electrons. The third-order valence-electron chi connectivity index (χ3n) is 18.6. The summed E-state index contributed by atoms with van der Waals surface area (Å²) < 4.78 is 20.7. The van der Waals surface area contributed by atoms with Crippen LogP contribution in [0.4, 0.5) is 17.1 Å². The zero-order chi connectivity index (χ0) is 52.8. The molecule has 376 valence electrons. The van der Waals surface area contributed by atoms with Gasteiger partial charge in [0.15, 0.2) is 0 Å². The van der Waals surface area contributed by atoms with Crippen LogP contribution < -0.4 is 4.90 Å². The number of nitrogens with zero attached hydrogens (tertiary/aromatic N) is 1. The zero-order valence-corrected chi connectivity index (χ0v) is 44.9. The molecule has 11 aromatic carbocycles. The second-order valence-electron chi connectivity index (χ2n) is 23.9. The highest BCUT2D eigenvalue weighted by molar-refractivity contribution is 6.22. The molecule has 4 heteroatoms. The van der Waals surface area contributed by atoms with Crippen molar-refractivity contribution in [2.75, 3.05) is 4.90 Å². The van der Waals surface area contributed by atoms with Crippen molar-refractivity contribution in [3.8, 4) is 55.6 Å². The van der Waals surface area contributed by atoms with Crippen molar-refractivity contribution in [2.24, 2.45) is 0 Å². The van der Waals surface area contributed by atoms with E-state index in [0.29, 0.717) is 0 Å². The Balaban J connectivity index is 0.874. The summed E-state index contributed by atoms with van der Waals surface area (Å²) in [7, 11) is 0. The molecule has 14 aromatic rings. The highest BCUT2D eigenvalue weighted by Gasteiger charge is 2.49. The van der Waals surface area contributed by atoms with Gasteiger partial charge in [-0.15, -0.1) is 0 Å². The number of para-hydroxylation sites is 3. The Bertz CT molecular complexity index is 4980. The molecule has 0 saturated carbocycles. The third-order valence-corrected chi connectivity index (χ3v) is 18.6. The average Bonchev–Trinajstić information content (AvgIpc) is 2.42. The maximum Gasteiger partial charge on any atom is 0.144 e. The minimum absolute atomic E-state index is 0.240. The molecule has 3 aromatic heterocycles. The minimum atomic E-state index is -0.383. The molecule has 0 aliphatic heterocycles. The molecule has 4 nitrogen and oxygen atoms in total. The van der Waals surface area contributed by atoms with Crippen LogP contribution >= 0.6 is 0 Å². The van der Waals surface area contributed by atoms with Crippen LogP contribution in [0, 0.1) is 0 Å². The van der Waals surface area contributed by atoms with E-state index in [-0.39, 0.29) is 16.2 Å². The zero-order valence-electron chi connectivity index (χ0n) is 44.9. The smallest absolute Gasteiger partial charge is 0.144 e. The fourth-order valence-electron chi connectivity index (χ4n) is 14.9. The van der Waals surface area contributed by atoms with E-state index in [2.05, 4.69) is 253 Å². The van der Waals surface area contributed by atoms with E-state index >= 15 is 0 Å². The van der Waals surface area contributed by atoms with Crippen molar-refractivity contribution < 1.29 is 13.3 Å². The first-order valence-electron chi connectivity index (χ1n) is 27.7. The number of rotatable bonds is 5. The Hall–Kier alpha value is -9.38. The summed E-state index contributed by atoms with van der Waals surface area (Å²) in [6.45, 7) is 14.5. The number of anilines is 3. The summed E-state index contributed by atoms with van der Waals surface area (Å²) in [5, 5.41) is 6.89. The Morgan fingerprint density at radius 1 is 0.291 bits per heavy atom. The van der Waals surface area contributed by atoms with E-state index in [0.717, 1.165) is 83.2 Å². The molecule has 3 aliphatic carbocycles. The van der Waals surface area contributed by atoms with E-state index in [9.17, 15) is 0 Å².